The van der Waals surface area contributed by atoms with Gasteiger partial charge < -0.3 is 18.9 Å². The highest BCUT2D eigenvalue weighted by Gasteiger charge is 2.44. The topological polar surface area (TPSA) is 40.2 Å². The number of ether oxygens (including phenoxy) is 4. The summed E-state index contributed by atoms with van der Waals surface area (Å²) in [6.07, 6.45) is 0. The zero-order valence-corrected chi connectivity index (χ0v) is 9.56. The molecule has 1 aromatic rings. The molecule has 0 radical (unpaired) electrons. The van der Waals surface area contributed by atoms with Crippen LogP contribution in [0.1, 0.15) is 12.5 Å². The summed E-state index contributed by atoms with van der Waals surface area (Å²) in [7, 11) is 0. The van der Waals surface area contributed by atoms with E-state index in [1.807, 2.05) is 19.1 Å². The molecule has 0 spiro atoms. The summed E-state index contributed by atoms with van der Waals surface area (Å²) >= 11 is 0. The first-order chi connectivity index (χ1) is 8.24. The second-order valence-electron chi connectivity index (χ2n) is 4.58. The number of hydrogen-bond acceptors (Lipinski definition) is 5. The summed E-state index contributed by atoms with van der Waals surface area (Å²) in [6, 6.07) is 3.89. The van der Waals surface area contributed by atoms with E-state index in [0.717, 1.165) is 35.9 Å². The van der Waals surface area contributed by atoms with Gasteiger partial charge in [-0.15, -0.1) is 0 Å². The van der Waals surface area contributed by atoms with Crippen molar-refractivity contribution in [3.63, 3.8) is 0 Å². The number of benzene rings is 1. The lowest BCUT2D eigenvalue weighted by Crippen LogP contribution is -2.49. The van der Waals surface area contributed by atoms with Crippen molar-refractivity contribution in [2.45, 2.75) is 19.4 Å². The molecule has 4 rings (SSSR count). The molecule has 1 aromatic carbocycles. The molecule has 5 heteroatoms. The van der Waals surface area contributed by atoms with Crippen LogP contribution in [-0.2, 0) is 11.3 Å². The van der Waals surface area contributed by atoms with E-state index in [9.17, 15) is 0 Å². The number of rotatable bonds is 0. The lowest BCUT2D eigenvalue weighted by atomic mass is 10.1. The summed E-state index contributed by atoms with van der Waals surface area (Å²) < 4.78 is 22.3. The van der Waals surface area contributed by atoms with E-state index in [-0.39, 0.29) is 6.79 Å². The Morgan fingerprint density at radius 3 is 2.88 bits per heavy atom. The summed E-state index contributed by atoms with van der Waals surface area (Å²) in [5.41, 5.74) is 1.12. The first-order valence-corrected chi connectivity index (χ1v) is 5.75. The number of fused-ring (bicyclic) bond motifs is 3. The molecule has 0 bridgehead atoms. The number of nitrogens with zero attached hydrogens (tertiary/aromatic N) is 1. The third-order valence-electron chi connectivity index (χ3n) is 3.52. The third-order valence-corrected chi connectivity index (χ3v) is 3.52. The molecular formula is C12H13NO4. The molecule has 1 saturated heterocycles. The van der Waals surface area contributed by atoms with Gasteiger partial charge in [0.25, 0.3) is 5.91 Å². The summed E-state index contributed by atoms with van der Waals surface area (Å²) in [6.45, 7) is 4.66. The largest absolute Gasteiger partial charge is 0.454 e. The monoisotopic (exact) mass is 235 g/mol. The quantitative estimate of drug-likeness (QED) is 0.678. The van der Waals surface area contributed by atoms with Crippen molar-refractivity contribution in [1.82, 2.24) is 4.90 Å². The van der Waals surface area contributed by atoms with Gasteiger partial charge in [-0.25, -0.2) is 4.90 Å². The fourth-order valence-corrected chi connectivity index (χ4v) is 2.55. The molecule has 3 heterocycles. The van der Waals surface area contributed by atoms with Crippen LogP contribution in [0, 0.1) is 0 Å². The van der Waals surface area contributed by atoms with Gasteiger partial charge in [0, 0.05) is 31.6 Å². The van der Waals surface area contributed by atoms with Crippen LogP contribution in [0.4, 0.5) is 0 Å². The van der Waals surface area contributed by atoms with Crippen molar-refractivity contribution in [2.75, 3.05) is 19.9 Å². The Kier molecular flexibility index (Phi) is 1.72. The second-order valence-corrected chi connectivity index (χ2v) is 4.58. The van der Waals surface area contributed by atoms with Crippen molar-refractivity contribution >= 4 is 0 Å². The maximum Gasteiger partial charge on any atom is 0.270 e. The minimum Gasteiger partial charge on any atom is -0.454 e. The SMILES string of the molecule is CC12OCCN1Cc1cc3c(cc1O2)OCO3. The molecule has 3 aliphatic rings. The van der Waals surface area contributed by atoms with E-state index in [2.05, 4.69) is 4.90 Å². The van der Waals surface area contributed by atoms with Crippen LogP contribution in [-0.4, -0.2) is 30.8 Å². The molecule has 5 nitrogen and oxygen atoms in total. The predicted molar refractivity (Wildman–Crippen MR) is 58.0 cm³/mol. The van der Waals surface area contributed by atoms with Gasteiger partial charge in [0.2, 0.25) is 6.79 Å². The highest BCUT2D eigenvalue weighted by molar-refractivity contribution is 5.52. The summed E-state index contributed by atoms with van der Waals surface area (Å²) in [5, 5.41) is 0. The Hall–Kier alpha value is -1.46. The molecule has 0 amide bonds. The first kappa shape index (κ1) is 9.56. The Morgan fingerprint density at radius 1 is 1.18 bits per heavy atom. The van der Waals surface area contributed by atoms with E-state index < -0.39 is 5.91 Å². The van der Waals surface area contributed by atoms with E-state index >= 15 is 0 Å². The molecule has 1 fully saturated rings. The molecule has 90 valence electrons. The molecule has 1 unspecified atom stereocenters. The Bertz CT molecular complexity index is 490. The van der Waals surface area contributed by atoms with Gasteiger partial charge in [-0.05, 0) is 6.07 Å². The smallest absolute Gasteiger partial charge is 0.270 e. The molecule has 0 aromatic heterocycles. The minimum atomic E-state index is -0.624. The van der Waals surface area contributed by atoms with Crippen molar-refractivity contribution in [3.8, 4) is 17.2 Å². The Labute approximate surface area is 98.8 Å². The van der Waals surface area contributed by atoms with Crippen LogP contribution in [0.2, 0.25) is 0 Å². The van der Waals surface area contributed by atoms with Crippen LogP contribution in [0.15, 0.2) is 12.1 Å². The Morgan fingerprint density at radius 2 is 2.00 bits per heavy atom. The van der Waals surface area contributed by atoms with Gasteiger partial charge in [0.15, 0.2) is 11.5 Å². The van der Waals surface area contributed by atoms with Gasteiger partial charge >= 0.3 is 0 Å². The molecule has 3 aliphatic heterocycles. The molecule has 1 atom stereocenters. The van der Waals surface area contributed by atoms with E-state index in [0.29, 0.717) is 6.61 Å². The van der Waals surface area contributed by atoms with Gasteiger partial charge in [0.1, 0.15) is 5.75 Å². The van der Waals surface area contributed by atoms with Crippen LogP contribution in [0.25, 0.3) is 0 Å². The molecule has 0 N–H and O–H groups in total. The maximum absolute atomic E-state index is 5.94. The fraction of sp³-hybridized carbons (Fsp3) is 0.500. The van der Waals surface area contributed by atoms with Crippen LogP contribution in [0.3, 0.4) is 0 Å². The van der Waals surface area contributed by atoms with Crippen LogP contribution in [0.5, 0.6) is 17.2 Å². The van der Waals surface area contributed by atoms with Crippen molar-refractivity contribution < 1.29 is 18.9 Å². The summed E-state index contributed by atoms with van der Waals surface area (Å²) in [4.78, 5) is 2.18. The first-order valence-electron chi connectivity index (χ1n) is 5.75. The van der Waals surface area contributed by atoms with Gasteiger partial charge in [-0.3, -0.25) is 0 Å². The molecule has 0 aliphatic carbocycles. The average Bonchev–Trinajstić information content (AvgIpc) is 2.87. The van der Waals surface area contributed by atoms with E-state index in [1.54, 1.807) is 0 Å². The highest BCUT2D eigenvalue weighted by Crippen LogP contribution is 2.43. The van der Waals surface area contributed by atoms with Crippen LogP contribution < -0.4 is 14.2 Å². The minimum absolute atomic E-state index is 0.287. The predicted octanol–water partition coefficient (Wildman–Crippen LogP) is 1.31. The lowest BCUT2D eigenvalue weighted by molar-refractivity contribution is -0.222. The Balaban J connectivity index is 1.79. The highest BCUT2D eigenvalue weighted by atomic mass is 16.7. The maximum atomic E-state index is 5.94. The number of hydrogen-bond donors (Lipinski definition) is 0. The van der Waals surface area contributed by atoms with Gasteiger partial charge in [0.05, 0.1) is 6.61 Å². The molecular weight excluding hydrogens is 222 g/mol. The van der Waals surface area contributed by atoms with Gasteiger partial charge in [-0.1, -0.05) is 0 Å². The average molecular weight is 235 g/mol. The zero-order valence-electron chi connectivity index (χ0n) is 9.56. The normalized spacial score (nSPS) is 29.7. The lowest BCUT2D eigenvalue weighted by Gasteiger charge is -2.38. The molecule has 17 heavy (non-hydrogen) atoms. The van der Waals surface area contributed by atoms with E-state index in [4.69, 9.17) is 18.9 Å². The summed E-state index contributed by atoms with van der Waals surface area (Å²) in [5.74, 6) is 1.76. The third kappa shape index (κ3) is 1.26. The van der Waals surface area contributed by atoms with Gasteiger partial charge in [-0.2, -0.15) is 0 Å². The standard InChI is InChI=1S/C12H13NO4/c1-12-13(2-3-16-12)6-8-4-10-11(15-7-14-10)5-9(8)17-12/h4-5H,2-3,6-7H2,1H3. The molecule has 0 saturated carbocycles. The fourth-order valence-electron chi connectivity index (χ4n) is 2.55. The van der Waals surface area contributed by atoms with Crippen LogP contribution >= 0.6 is 0 Å². The van der Waals surface area contributed by atoms with Crippen molar-refractivity contribution in [3.05, 3.63) is 17.7 Å². The van der Waals surface area contributed by atoms with Crippen molar-refractivity contribution in [1.29, 1.82) is 0 Å². The van der Waals surface area contributed by atoms with Crippen molar-refractivity contribution in [2.24, 2.45) is 0 Å². The van der Waals surface area contributed by atoms with E-state index in [1.165, 1.54) is 0 Å². The zero-order chi connectivity index (χ0) is 11.5. The second kappa shape index (κ2) is 3.05.